The first-order chi connectivity index (χ1) is 12.5. The van der Waals surface area contributed by atoms with Gasteiger partial charge < -0.3 is 20.1 Å². The number of nitrogens with one attached hydrogen (secondary N) is 1. The largest absolute Gasteiger partial charge is 0.484 e. The Morgan fingerprint density at radius 1 is 1.35 bits per heavy atom. The van der Waals surface area contributed by atoms with Gasteiger partial charge in [0.05, 0.1) is 12.4 Å². The molecule has 7 nitrogen and oxygen atoms in total. The second-order valence-corrected chi connectivity index (χ2v) is 7.23. The Bertz CT molecular complexity index is 840. The summed E-state index contributed by atoms with van der Waals surface area (Å²) in [7, 11) is 0. The van der Waals surface area contributed by atoms with Crippen LogP contribution in [0, 0.1) is 5.82 Å². The molecule has 4 rings (SSSR count). The molecule has 3 heterocycles. The molecule has 2 aliphatic rings. The highest BCUT2D eigenvalue weighted by molar-refractivity contribution is 9.10. The third kappa shape index (κ3) is 2.96. The fourth-order valence-electron chi connectivity index (χ4n) is 3.71. The Balaban J connectivity index is 1.58. The lowest BCUT2D eigenvalue weighted by atomic mass is 9.82. The third-order valence-corrected chi connectivity index (χ3v) is 5.34. The normalized spacial score (nSPS) is 20.5. The summed E-state index contributed by atoms with van der Waals surface area (Å²) in [4.78, 5) is 21.9. The van der Waals surface area contributed by atoms with Crippen LogP contribution < -0.4 is 15.0 Å². The average Bonchev–Trinajstić information content (AvgIpc) is 2.89. The first-order valence-corrected chi connectivity index (χ1v) is 8.97. The number of aromatic nitrogens is 2. The van der Waals surface area contributed by atoms with E-state index in [9.17, 15) is 14.3 Å². The minimum absolute atomic E-state index is 0.413. The number of carbonyl (C=O) groups is 1. The molecule has 0 aliphatic carbocycles. The zero-order chi connectivity index (χ0) is 18.3. The van der Waals surface area contributed by atoms with Gasteiger partial charge in [0.25, 0.3) is 0 Å². The first kappa shape index (κ1) is 17.0. The van der Waals surface area contributed by atoms with Gasteiger partial charge in [-0.15, -0.1) is 0 Å². The van der Waals surface area contributed by atoms with Gasteiger partial charge in [0.15, 0.2) is 0 Å². The Morgan fingerprint density at radius 3 is 2.77 bits per heavy atom. The lowest BCUT2D eigenvalue weighted by Crippen LogP contribution is -2.53. The summed E-state index contributed by atoms with van der Waals surface area (Å²) in [6.07, 6.45) is 3.32. The number of hydrogen-bond donors (Lipinski definition) is 2. The van der Waals surface area contributed by atoms with Crippen LogP contribution >= 0.6 is 15.9 Å². The van der Waals surface area contributed by atoms with Crippen molar-refractivity contribution < 1.29 is 19.0 Å². The summed E-state index contributed by atoms with van der Waals surface area (Å²) in [6, 6.07) is 3.62. The Hall–Kier alpha value is -2.42. The van der Waals surface area contributed by atoms with Gasteiger partial charge in [-0.2, -0.15) is 0 Å². The number of halogens is 2. The molecule has 1 aromatic heterocycles. The summed E-state index contributed by atoms with van der Waals surface area (Å²) in [5, 5.41) is 11.8. The number of amides is 1. The number of fused-ring (bicyclic) bond motifs is 1. The Labute approximate surface area is 157 Å². The maximum atomic E-state index is 13.7. The van der Waals surface area contributed by atoms with E-state index < -0.39 is 23.6 Å². The highest BCUT2D eigenvalue weighted by Crippen LogP contribution is 2.48. The zero-order valence-corrected chi connectivity index (χ0v) is 15.2. The zero-order valence-electron chi connectivity index (χ0n) is 13.7. The van der Waals surface area contributed by atoms with Gasteiger partial charge in [0.1, 0.15) is 33.6 Å². The number of ether oxygens (including phenoxy) is 1. The number of carboxylic acid groups (broad SMARTS) is 1. The van der Waals surface area contributed by atoms with Crippen LogP contribution in [-0.4, -0.2) is 39.9 Å². The summed E-state index contributed by atoms with van der Waals surface area (Å²) in [6.45, 7) is 1.26. The van der Waals surface area contributed by atoms with Crippen LogP contribution in [0.25, 0.3) is 0 Å². The molecule has 0 saturated carbocycles. The maximum Gasteiger partial charge on any atom is 0.405 e. The number of rotatable bonds is 2. The van der Waals surface area contributed by atoms with Crippen LogP contribution in [0.3, 0.4) is 0 Å². The molecule has 2 aliphatic heterocycles. The van der Waals surface area contributed by atoms with Crippen LogP contribution in [0.15, 0.2) is 35.2 Å². The lowest BCUT2D eigenvalue weighted by Gasteiger charge is -2.42. The monoisotopic (exact) mass is 422 g/mol. The molecule has 136 valence electrons. The number of hydrogen-bond acceptors (Lipinski definition) is 5. The molecule has 1 amide bonds. The van der Waals surface area contributed by atoms with E-state index >= 15 is 0 Å². The van der Waals surface area contributed by atoms with E-state index in [2.05, 4.69) is 36.1 Å². The van der Waals surface area contributed by atoms with Crippen molar-refractivity contribution in [1.29, 1.82) is 0 Å². The van der Waals surface area contributed by atoms with E-state index in [0.717, 1.165) is 5.82 Å². The van der Waals surface area contributed by atoms with E-state index in [1.807, 2.05) is 0 Å². The molecule has 1 fully saturated rings. The second kappa shape index (κ2) is 6.39. The van der Waals surface area contributed by atoms with Crippen LogP contribution in [0.5, 0.6) is 5.75 Å². The van der Waals surface area contributed by atoms with Crippen LogP contribution in [0.4, 0.5) is 15.0 Å². The van der Waals surface area contributed by atoms with E-state index in [0.29, 0.717) is 41.8 Å². The van der Waals surface area contributed by atoms with Crippen molar-refractivity contribution in [3.8, 4) is 5.75 Å². The molecule has 2 N–H and O–H groups in total. The molecule has 26 heavy (non-hydrogen) atoms. The number of nitrogens with zero attached hydrogens (tertiary/aromatic N) is 3. The van der Waals surface area contributed by atoms with Crippen molar-refractivity contribution >= 4 is 27.8 Å². The standard InChI is InChI=1S/C17H16BrFN4O3/c18-13-8-21-14(9-20-13)23-5-3-17(4-6-23)15(22-16(24)25)11-7-10(19)1-2-12(11)26-17/h1-2,7-9,15,22H,3-6H2,(H,24,25). The fourth-order valence-corrected chi connectivity index (χ4v) is 3.91. The smallest absolute Gasteiger partial charge is 0.405 e. The van der Waals surface area contributed by atoms with Crippen molar-refractivity contribution in [3.05, 3.63) is 46.6 Å². The van der Waals surface area contributed by atoms with E-state index in [4.69, 9.17) is 4.74 Å². The molecule has 1 spiro atoms. The predicted octanol–water partition coefficient (Wildman–Crippen LogP) is 3.12. The van der Waals surface area contributed by atoms with Crippen molar-refractivity contribution in [1.82, 2.24) is 15.3 Å². The van der Waals surface area contributed by atoms with Gasteiger partial charge in [-0.05, 0) is 34.1 Å². The second-order valence-electron chi connectivity index (χ2n) is 6.42. The number of benzene rings is 1. The summed E-state index contributed by atoms with van der Waals surface area (Å²) in [5.74, 6) is 0.874. The third-order valence-electron chi connectivity index (χ3n) is 4.93. The summed E-state index contributed by atoms with van der Waals surface area (Å²) >= 11 is 3.26. The topological polar surface area (TPSA) is 87.6 Å². The van der Waals surface area contributed by atoms with Gasteiger partial charge in [-0.25, -0.2) is 19.2 Å². The SMILES string of the molecule is O=C(O)NC1c2cc(F)ccc2OC12CCN(c1cnc(Br)cn1)CC2. The van der Waals surface area contributed by atoms with Crippen molar-refractivity contribution in [2.24, 2.45) is 0 Å². The highest BCUT2D eigenvalue weighted by atomic mass is 79.9. The van der Waals surface area contributed by atoms with Crippen molar-refractivity contribution in [2.75, 3.05) is 18.0 Å². The van der Waals surface area contributed by atoms with Gasteiger partial charge in [-0.3, -0.25) is 0 Å². The predicted molar refractivity (Wildman–Crippen MR) is 94.8 cm³/mol. The fraction of sp³-hybridized carbons (Fsp3) is 0.353. The van der Waals surface area contributed by atoms with Gasteiger partial charge in [0, 0.05) is 31.5 Å². The molecule has 1 unspecified atom stereocenters. The van der Waals surface area contributed by atoms with Gasteiger partial charge in [-0.1, -0.05) is 0 Å². The van der Waals surface area contributed by atoms with E-state index in [-0.39, 0.29) is 0 Å². The lowest BCUT2D eigenvalue weighted by molar-refractivity contribution is 0.0315. The minimum atomic E-state index is -1.16. The quantitative estimate of drug-likeness (QED) is 0.772. The molecule has 0 bridgehead atoms. The van der Waals surface area contributed by atoms with Gasteiger partial charge >= 0.3 is 6.09 Å². The molecule has 9 heteroatoms. The van der Waals surface area contributed by atoms with E-state index in [1.54, 1.807) is 18.5 Å². The van der Waals surface area contributed by atoms with Crippen LogP contribution in [-0.2, 0) is 0 Å². The molecule has 2 aromatic rings. The molecular formula is C17H16BrFN4O3. The Kier molecular flexibility index (Phi) is 4.18. The number of anilines is 1. The maximum absolute atomic E-state index is 13.7. The summed E-state index contributed by atoms with van der Waals surface area (Å²) < 4.78 is 20.5. The summed E-state index contributed by atoms with van der Waals surface area (Å²) in [5.41, 5.74) is -0.183. The molecule has 1 aromatic carbocycles. The first-order valence-electron chi connectivity index (χ1n) is 8.17. The van der Waals surface area contributed by atoms with Crippen LogP contribution in [0.2, 0.25) is 0 Å². The average molecular weight is 423 g/mol. The molecule has 1 atom stereocenters. The number of piperidine rings is 1. The highest BCUT2D eigenvalue weighted by Gasteiger charge is 2.51. The Morgan fingerprint density at radius 2 is 2.12 bits per heavy atom. The van der Waals surface area contributed by atoms with Crippen LogP contribution in [0.1, 0.15) is 24.4 Å². The van der Waals surface area contributed by atoms with Crippen molar-refractivity contribution in [3.63, 3.8) is 0 Å². The van der Waals surface area contributed by atoms with E-state index in [1.165, 1.54) is 12.1 Å². The molecule has 0 radical (unpaired) electrons. The van der Waals surface area contributed by atoms with Crippen molar-refractivity contribution in [2.45, 2.75) is 24.5 Å². The molecular weight excluding hydrogens is 407 g/mol. The molecule has 1 saturated heterocycles. The van der Waals surface area contributed by atoms with Gasteiger partial charge in [0.2, 0.25) is 0 Å². The minimum Gasteiger partial charge on any atom is -0.484 e.